The first kappa shape index (κ1) is 18.7. The van der Waals surface area contributed by atoms with Crippen LogP contribution in [0.25, 0.3) is 10.2 Å². The van der Waals surface area contributed by atoms with Gasteiger partial charge in [0.1, 0.15) is 4.83 Å². The molecule has 7 heteroatoms. The van der Waals surface area contributed by atoms with Crippen LogP contribution in [0.15, 0.2) is 34.0 Å². The zero-order chi connectivity index (χ0) is 18.8. The summed E-state index contributed by atoms with van der Waals surface area (Å²) in [4.78, 5) is 34.9. The van der Waals surface area contributed by atoms with Crippen LogP contribution in [0.1, 0.15) is 46.6 Å². The number of thioether (sulfide) groups is 1. The second kappa shape index (κ2) is 7.63. The second-order valence-corrected chi connectivity index (χ2v) is 8.40. The fourth-order valence-electron chi connectivity index (χ4n) is 2.66. The summed E-state index contributed by atoms with van der Waals surface area (Å²) in [5.74, 6) is 0.802. The van der Waals surface area contributed by atoms with Gasteiger partial charge in [0.05, 0.1) is 10.9 Å². The number of nitrogens with zero attached hydrogens (tertiary/aromatic N) is 1. The molecule has 0 spiro atoms. The Hall–Kier alpha value is -2.12. The molecule has 1 aromatic carbocycles. The van der Waals surface area contributed by atoms with Crippen molar-refractivity contribution in [3.63, 3.8) is 0 Å². The number of thiophene rings is 1. The Kier molecular flexibility index (Phi) is 5.48. The standard InChI is InChI=1S/C19H20N2O3S2/c1-5-25-14-9-7-6-8-13(14)19(23)24-11(3)16-20-17(22)15-10(2)12(4)26-18(15)21-16/h6-9,11H,5H2,1-4H3,(H,20,21,22)/t11-/m1/s1. The van der Waals surface area contributed by atoms with E-state index >= 15 is 0 Å². The number of nitrogens with one attached hydrogen (secondary N) is 1. The summed E-state index contributed by atoms with van der Waals surface area (Å²) in [6.07, 6.45) is -0.651. The van der Waals surface area contributed by atoms with Crippen molar-refractivity contribution < 1.29 is 9.53 Å². The van der Waals surface area contributed by atoms with Crippen LogP contribution in [0, 0.1) is 13.8 Å². The van der Waals surface area contributed by atoms with Crippen LogP contribution < -0.4 is 5.56 Å². The lowest BCUT2D eigenvalue weighted by atomic mass is 10.2. The molecule has 0 aliphatic heterocycles. The van der Waals surface area contributed by atoms with Crippen molar-refractivity contribution in [2.45, 2.75) is 38.7 Å². The topological polar surface area (TPSA) is 72.0 Å². The number of esters is 1. The minimum atomic E-state index is -0.651. The molecule has 0 aliphatic carbocycles. The first-order chi connectivity index (χ1) is 12.4. The molecular formula is C19H20N2O3S2. The lowest BCUT2D eigenvalue weighted by Gasteiger charge is -2.14. The van der Waals surface area contributed by atoms with Gasteiger partial charge in [0.25, 0.3) is 5.56 Å². The average Bonchev–Trinajstić information content (AvgIpc) is 2.90. The smallest absolute Gasteiger partial charge is 0.339 e. The fraction of sp³-hybridized carbons (Fsp3) is 0.316. The molecule has 0 fully saturated rings. The Morgan fingerprint density at radius 1 is 1.35 bits per heavy atom. The minimum Gasteiger partial charge on any atom is -0.451 e. The number of hydrogen-bond donors (Lipinski definition) is 1. The van der Waals surface area contributed by atoms with Crippen molar-refractivity contribution in [1.82, 2.24) is 9.97 Å². The number of aromatic amines is 1. The average molecular weight is 389 g/mol. The largest absolute Gasteiger partial charge is 0.451 e. The van der Waals surface area contributed by atoms with Crippen LogP contribution in [0.4, 0.5) is 0 Å². The lowest BCUT2D eigenvalue weighted by Crippen LogP contribution is -2.17. The third kappa shape index (κ3) is 3.54. The van der Waals surface area contributed by atoms with Crippen molar-refractivity contribution in [3.05, 3.63) is 56.4 Å². The molecule has 1 atom stereocenters. The lowest BCUT2D eigenvalue weighted by molar-refractivity contribution is 0.0316. The van der Waals surface area contributed by atoms with Crippen molar-refractivity contribution >= 4 is 39.3 Å². The van der Waals surface area contributed by atoms with Crippen molar-refractivity contribution in [3.8, 4) is 0 Å². The highest BCUT2D eigenvalue weighted by Gasteiger charge is 2.20. The summed E-state index contributed by atoms with van der Waals surface area (Å²) < 4.78 is 5.57. The van der Waals surface area contributed by atoms with E-state index in [0.717, 1.165) is 21.1 Å². The SMILES string of the molecule is CCSc1ccccc1C(=O)O[C@H](C)c1nc2sc(C)c(C)c2c(=O)[nH]1. The van der Waals surface area contributed by atoms with E-state index in [1.54, 1.807) is 24.8 Å². The summed E-state index contributed by atoms with van der Waals surface area (Å²) >= 11 is 3.06. The maximum atomic E-state index is 12.6. The zero-order valence-electron chi connectivity index (χ0n) is 15.1. The van der Waals surface area contributed by atoms with Gasteiger partial charge in [0.2, 0.25) is 0 Å². The van der Waals surface area contributed by atoms with E-state index < -0.39 is 12.1 Å². The van der Waals surface area contributed by atoms with Gasteiger partial charge in [-0.05, 0) is 44.2 Å². The molecular weight excluding hydrogens is 368 g/mol. The molecule has 0 saturated carbocycles. The Balaban J connectivity index is 1.89. The summed E-state index contributed by atoms with van der Waals surface area (Å²) in [6.45, 7) is 7.62. The highest BCUT2D eigenvalue weighted by atomic mass is 32.2. The number of benzene rings is 1. The number of fused-ring (bicyclic) bond motifs is 1. The van der Waals surface area contributed by atoms with Gasteiger partial charge in [0, 0.05) is 9.77 Å². The third-order valence-corrected chi connectivity index (χ3v) is 6.19. The summed E-state index contributed by atoms with van der Waals surface area (Å²) in [7, 11) is 0. The van der Waals surface area contributed by atoms with Gasteiger partial charge < -0.3 is 9.72 Å². The van der Waals surface area contributed by atoms with Gasteiger partial charge in [-0.15, -0.1) is 23.1 Å². The predicted octanol–water partition coefficient (Wildman–Crippen LogP) is 4.63. The third-order valence-electron chi connectivity index (χ3n) is 4.13. The quantitative estimate of drug-likeness (QED) is 0.509. The molecule has 0 saturated heterocycles. The Morgan fingerprint density at radius 3 is 2.81 bits per heavy atom. The summed E-state index contributed by atoms with van der Waals surface area (Å²) in [5, 5.41) is 0.611. The number of hydrogen-bond acceptors (Lipinski definition) is 6. The molecule has 0 unspecified atom stereocenters. The second-order valence-electron chi connectivity index (χ2n) is 5.89. The number of carbonyl (C=O) groups excluding carboxylic acids is 1. The van der Waals surface area contributed by atoms with E-state index in [-0.39, 0.29) is 5.56 Å². The van der Waals surface area contributed by atoms with Crippen LogP contribution in [0.2, 0.25) is 0 Å². The Labute approximate surface area is 159 Å². The Morgan fingerprint density at radius 2 is 2.08 bits per heavy atom. The van der Waals surface area contributed by atoms with E-state index in [0.29, 0.717) is 21.6 Å². The molecule has 2 aromatic heterocycles. The maximum absolute atomic E-state index is 12.6. The molecule has 5 nitrogen and oxygen atoms in total. The molecule has 26 heavy (non-hydrogen) atoms. The van der Waals surface area contributed by atoms with Crippen LogP contribution in [0.3, 0.4) is 0 Å². The van der Waals surface area contributed by atoms with Gasteiger partial charge >= 0.3 is 5.97 Å². The maximum Gasteiger partial charge on any atom is 0.339 e. The van der Waals surface area contributed by atoms with Gasteiger partial charge in [-0.3, -0.25) is 4.79 Å². The molecule has 0 radical (unpaired) electrons. The first-order valence-corrected chi connectivity index (χ1v) is 10.1. The van der Waals surface area contributed by atoms with Gasteiger partial charge in [-0.1, -0.05) is 19.1 Å². The monoisotopic (exact) mass is 388 g/mol. The molecule has 3 aromatic rings. The molecule has 0 bridgehead atoms. The fourth-order valence-corrected chi connectivity index (χ4v) is 4.49. The number of carbonyl (C=O) groups is 1. The zero-order valence-corrected chi connectivity index (χ0v) is 16.7. The molecule has 0 aliphatic rings. The van der Waals surface area contributed by atoms with E-state index in [2.05, 4.69) is 9.97 Å². The van der Waals surface area contributed by atoms with Crippen molar-refractivity contribution in [1.29, 1.82) is 0 Å². The number of H-pyrrole nitrogens is 1. The molecule has 3 rings (SSSR count). The minimum absolute atomic E-state index is 0.198. The number of aryl methyl sites for hydroxylation is 2. The van der Waals surface area contributed by atoms with E-state index in [1.807, 2.05) is 39.0 Å². The first-order valence-electron chi connectivity index (χ1n) is 8.35. The number of aromatic nitrogens is 2. The van der Waals surface area contributed by atoms with E-state index in [9.17, 15) is 9.59 Å². The van der Waals surface area contributed by atoms with Crippen LogP contribution in [-0.2, 0) is 4.74 Å². The predicted molar refractivity (Wildman–Crippen MR) is 106 cm³/mol. The molecule has 0 amide bonds. The highest BCUT2D eigenvalue weighted by Crippen LogP contribution is 2.28. The van der Waals surface area contributed by atoms with Gasteiger partial charge in [-0.25, -0.2) is 9.78 Å². The van der Waals surface area contributed by atoms with Crippen molar-refractivity contribution in [2.75, 3.05) is 5.75 Å². The summed E-state index contributed by atoms with van der Waals surface area (Å²) in [6, 6.07) is 7.36. The van der Waals surface area contributed by atoms with E-state index in [4.69, 9.17) is 4.74 Å². The highest BCUT2D eigenvalue weighted by molar-refractivity contribution is 7.99. The normalized spacial score (nSPS) is 12.3. The van der Waals surface area contributed by atoms with E-state index in [1.165, 1.54) is 11.3 Å². The van der Waals surface area contributed by atoms with Gasteiger partial charge in [-0.2, -0.15) is 0 Å². The number of ether oxygens (including phenoxy) is 1. The van der Waals surface area contributed by atoms with Crippen LogP contribution in [0.5, 0.6) is 0 Å². The molecule has 2 heterocycles. The van der Waals surface area contributed by atoms with Crippen LogP contribution >= 0.6 is 23.1 Å². The number of rotatable bonds is 5. The Bertz CT molecular complexity index is 1020. The van der Waals surface area contributed by atoms with Crippen LogP contribution in [-0.4, -0.2) is 21.7 Å². The van der Waals surface area contributed by atoms with Crippen molar-refractivity contribution in [2.24, 2.45) is 0 Å². The molecule has 1 N–H and O–H groups in total. The molecule has 136 valence electrons. The van der Waals surface area contributed by atoms with Gasteiger partial charge in [0.15, 0.2) is 11.9 Å². The summed E-state index contributed by atoms with van der Waals surface area (Å²) in [5.41, 5.74) is 1.27.